The van der Waals surface area contributed by atoms with E-state index in [-0.39, 0.29) is 19.0 Å². The standard InChI is InChI=1S/C18H22FNO3/c1-13-9-14(3-5-16(13)19)11-20-12-15-4-6-17(23-8-7-21)18(10-15)22-2/h3-6,9-10,20-21H,7-8,11-12H2,1-2H3. The number of hydrogen-bond acceptors (Lipinski definition) is 4. The first-order chi connectivity index (χ1) is 11.1. The summed E-state index contributed by atoms with van der Waals surface area (Å²) in [6.07, 6.45) is 0. The Hall–Kier alpha value is -2.11. The van der Waals surface area contributed by atoms with Gasteiger partial charge < -0.3 is 19.9 Å². The van der Waals surface area contributed by atoms with Crippen molar-refractivity contribution in [2.75, 3.05) is 20.3 Å². The second kappa shape index (κ2) is 8.50. The molecule has 0 saturated carbocycles. The maximum atomic E-state index is 13.2. The Balaban J connectivity index is 1.93. The van der Waals surface area contributed by atoms with Crippen molar-refractivity contribution >= 4 is 0 Å². The predicted molar refractivity (Wildman–Crippen MR) is 87.3 cm³/mol. The first-order valence-electron chi connectivity index (χ1n) is 7.50. The first kappa shape index (κ1) is 17.2. The molecule has 0 radical (unpaired) electrons. The second-order valence-corrected chi connectivity index (χ2v) is 5.24. The third kappa shape index (κ3) is 4.94. The van der Waals surface area contributed by atoms with Crippen LogP contribution in [0, 0.1) is 12.7 Å². The molecule has 0 fully saturated rings. The summed E-state index contributed by atoms with van der Waals surface area (Å²) in [6.45, 7) is 3.27. The topological polar surface area (TPSA) is 50.7 Å². The zero-order valence-electron chi connectivity index (χ0n) is 13.4. The van der Waals surface area contributed by atoms with Gasteiger partial charge in [0.2, 0.25) is 0 Å². The Bertz CT molecular complexity index is 646. The van der Waals surface area contributed by atoms with Crippen LogP contribution in [0.3, 0.4) is 0 Å². The summed E-state index contributed by atoms with van der Waals surface area (Å²) in [6, 6.07) is 10.8. The number of aliphatic hydroxyl groups is 1. The van der Waals surface area contributed by atoms with Crippen LogP contribution in [0.4, 0.5) is 4.39 Å². The number of hydrogen-bond donors (Lipinski definition) is 2. The monoisotopic (exact) mass is 319 g/mol. The molecule has 0 amide bonds. The van der Waals surface area contributed by atoms with Gasteiger partial charge in [0.15, 0.2) is 11.5 Å². The highest BCUT2D eigenvalue weighted by Gasteiger charge is 2.06. The molecule has 0 aliphatic carbocycles. The molecule has 5 heteroatoms. The maximum absolute atomic E-state index is 13.2. The normalized spacial score (nSPS) is 10.6. The Kier molecular flexibility index (Phi) is 6.38. The van der Waals surface area contributed by atoms with Crippen molar-refractivity contribution in [2.45, 2.75) is 20.0 Å². The van der Waals surface area contributed by atoms with E-state index in [2.05, 4.69) is 5.32 Å². The molecule has 0 aliphatic heterocycles. The molecular formula is C18H22FNO3. The van der Waals surface area contributed by atoms with Crippen molar-refractivity contribution in [1.29, 1.82) is 0 Å². The lowest BCUT2D eigenvalue weighted by molar-refractivity contribution is 0.196. The third-order valence-electron chi connectivity index (χ3n) is 3.46. The van der Waals surface area contributed by atoms with E-state index in [9.17, 15) is 4.39 Å². The number of nitrogens with one attached hydrogen (secondary N) is 1. The molecule has 0 atom stereocenters. The molecule has 2 rings (SSSR count). The average molecular weight is 319 g/mol. The third-order valence-corrected chi connectivity index (χ3v) is 3.46. The van der Waals surface area contributed by atoms with Gasteiger partial charge in [-0.25, -0.2) is 4.39 Å². The number of rotatable bonds is 8. The Labute approximate surface area is 135 Å². The maximum Gasteiger partial charge on any atom is 0.161 e. The van der Waals surface area contributed by atoms with Gasteiger partial charge in [0.1, 0.15) is 12.4 Å². The highest BCUT2D eigenvalue weighted by molar-refractivity contribution is 5.43. The molecule has 0 saturated heterocycles. The van der Waals surface area contributed by atoms with Crippen molar-refractivity contribution in [1.82, 2.24) is 5.32 Å². The number of methoxy groups -OCH3 is 1. The average Bonchev–Trinajstić information content (AvgIpc) is 2.56. The van der Waals surface area contributed by atoms with Crippen molar-refractivity contribution in [2.24, 2.45) is 0 Å². The number of halogens is 1. The highest BCUT2D eigenvalue weighted by atomic mass is 19.1. The van der Waals surface area contributed by atoms with E-state index in [0.29, 0.717) is 30.2 Å². The Morgan fingerprint density at radius 3 is 2.39 bits per heavy atom. The number of aryl methyl sites for hydroxylation is 1. The first-order valence-corrected chi connectivity index (χ1v) is 7.50. The zero-order valence-corrected chi connectivity index (χ0v) is 13.4. The van der Waals surface area contributed by atoms with Gasteiger partial charge in [0, 0.05) is 13.1 Å². The van der Waals surface area contributed by atoms with Gasteiger partial charge in [-0.3, -0.25) is 0 Å². The van der Waals surface area contributed by atoms with Crippen molar-refractivity contribution in [3.05, 3.63) is 58.9 Å². The summed E-state index contributed by atoms with van der Waals surface area (Å²) in [5.74, 6) is 1.06. The van der Waals surface area contributed by atoms with E-state index in [1.807, 2.05) is 24.3 Å². The molecule has 0 spiro atoms. The molecule has 0 aliphatic rings. The quantitative estimate of drug-likeness (QED) is 0.785. The summed E-state index contributed by atoms with van der Waals surface area (Å²) in [5.41, 5.74) is 2.74. The van der Waals surface area contributed by atoms with Crippen molar-refractivity contribution in [3.63, 3.8) is 0 Å². The second-order valence-electron chi connectivity index (χ2n) is 5.24. The fourth-order valence-electron chi connectivity index (χ4n) is 2.26. The van der Waals surface area contributed by atoms with Gasteiger partial charge >= 0.3 is 0 Å². The lowest BCUT2D eigenvalue weighted by Crippen LogP contribution is -2.13. The van der Waals surface area contributed by atoms with Crippen LogP contribution in [0.25, 0.3) is 0 Å². The van der Waals surface area contributed by atoms with Gasteiger partial charge in [0.25, 0.3) is 0 Å². The summed E-state index contributed by atoms with van der Waals surface area (Å²) in [7, 11) is 1.58. The highest BCUT2D eigenvalue weighted by Crippen LogP contribution is 2.28. The van der Waals surface area contributed by atoms with Gasteiger partial charge in [-0.15, -0.1) is 0 Å². The molecule has 124 valence electrons. The molecule has 2 aromatic carbocycles. The minimum Gasteiger partial charge on any atom is -0.493 e. The molecule has 0 bridgehead atoms. The number of ether oxygens (including phenoxy) is 2. The SMILES string of the molecule is COc1cc(CNCc2ccc(F)c(C)c2)ccc1OCCO. The summed E-state index contributed by atoms with van der Waals surface area (Å²) in [4.78, 5) is 0. The van der Waals surface area contributed by atoms with Crippen LogP contribution in [0.15, 0.2) is 36.4 Å². The lowest BCUT2D eigenvalue weighted by Gasteiger charge is -2.12. The van der Waals surface area contributed by atoms with Gasteiger partial charge in [0.05, 0.1) is 13.7 Å². The molecule has 0 aromatic heterocycles. The Morgan fingerprint density at radius 2 is 1.74 bits per heavy atom. The number of benzene rings is 2. The zero-order chi connectivity index (χ0) is 16.7. The summed E-state index contributed by atoms with van der Waals surface area (Å²) in [5, 5.41) is 12.1. The summed E-state index contributed by atoms with van der Waals surface area (Å²) >= 11 is 0. The van der Waals surface area contributed by atoms with E-state index in [0.717, 1.165) is 11.1 Å². The molecule has 0 heterocycles. The van der Waals surface area contributed by atoms with E-state index in [1.54, 1.807) is 20.1 Å². The van der Waals surface area contributed by atoms with Crippen LogP contribution in [0.5, 0.6) is 11.5 Å². The largest absolute Gasteiger partial charge is 0.493 e. The molecule has 4 nitrogen and oxygen atoms in total. The van der Waals surface area contributed by atoms with Gasteiger partial charge in [-0.2, -0.15) is 0 Å². The van der Waals surface area contributed by atoms with Crippen LogP contribution in [0.1, 0.15) is 16.7 Å². The van der Waals surface area contributed by atoms with Gasteiger partial charge in [-0.05, 0) is 41.8 Å². The van der Waals surface area contributed by atoms with E-state index in [4.69, 9.17) is 14.6 Å². The predicted octanol–water partition coefficient (Wildman–Crippen LogP) is 2.80. The fourth-order valence-corrected chi connectivity index (χ4v) is 2.26. The summed E-state index contributed by atoms with van der Waals surface area (Å²) < 4.78 is 23.9. The van der Waals surface area contributed by atoms with Crippen molar-refractivity contribution in [3.8, 4) is 11.5 Å². The van der Waals surface area contributed by atoms with E-state index in [1.165, 1.54) is 6.07 Å². The van der Waals surface area contributed by atoms with Crippen LogP contribution in [-0.4, -0.2) is 25.4 Å². The minimum atomic E-state index is -0.183. The minimum absolute atomic E-state index is 0.0381. The molecule has 2 N–H and O–H groups in total. The van der Waals surface area contributed by atoms with Crippen LogP contribution in [0.2, 0.25) is 0 Å². The fraction of sp³-hybridized carbons (Fsp3) is 0.333. The lowest BCUT2D eigenvalue weighted by atomic mass is 10.1. The Morgan fingerprint density at radius 1 is 1.04 bits per heavy atom. The van der Waals surface area contributed by atoms with Crippen molar-refractivity contribution < 1.29 is 19.0 Å². The smallest absolute Gasteiger partial charge is 0.161 e. The molecule has 2 aromatic rings. The van der Waals surface area contributed by atoms with E-state index >= 15 is 0 Å². The van der Waals surface area contributed by atoms with Crippen LogP contribution < -0.4 is 14.8 Å². The molecule has 23 heavy (non-hydrogen) atoms. The van der Waals surface area contributed by atoms with Crippen LogP contribution >= 0.6 is 0 Å². The number of aliphatic hydroxyl groups excluding tert-OH is 1. The van der Waals surface area contributed by atoms with E-state index < -0.39 is 0 Å². The molecule has 0 unspecified atom stereocenters. The van der Waals surface area contributed by atoms with Crippen LogP contribution in [-0.2, 0) is 13.1 Å². The molecular weight excluding hydrogens is 297 g/mol. The van der Waals surface area contributed by atoms with Gasteiger partial charge in [-0.1, -0.05) is 18.2 Å².